The predicted octanol–water partition coefficient (Wildman–Crippen LogP) is 2.14. The van der Waals surface area contributed by atoms with Crippen molar-refractivity contribution in [2.75, 3.05) is 51.3 Å². The van der Waals surface area contributed by atoms with Crippen LogP contribution in [0.15, 0.2) is 24.3 Å². The lowest BCUT2D eigenvalue weighted by atomic mass is 9.79. The van der Waals surface area contributed by atoms with Gasteiger partial charge in [-0.15, -0.1) is 0 Å². The van der Waals surface area contributed by atoms with E-state index in [1.165, 1.54) is 5.69 Å². The van der Waals surface area contributed by atoms with Crippen molar-refractivity contribution < 1.29 is 14.0 Å². The summed E-state index contributed by atoms with van der Waals surface area (Å²) in [6.07, 6.45) is 1.11. The normalized spacial score (nSPS) is 22.8. The van der Waals surface area contributed by atoms with Crippen LogP contribution < -0.4 is 10.4 Å². The van der Waals surface area contributed by atoms with E-state index in [2.05, 4.69) is 61.8 Å². The van der Waals surface area contributed by atoms with Crippen LogP contribution in [0.2, 0.25) is 0 Å². The molecule has 26 heavy (non-hydrogen) atoms. The molecule has 0 amide bonds. The van der Waals surface area contributed by atoms with E-state index in [1.54, 1.807) is 7.11 Å². The van der Waals surface area contributed by atoms with Gasteiger partial charge in [0.1, 0.15) is 0 Å². The second-order valence-corrected chi connectivity index (χ2v) is 8.35. The molecule has 0 N–H and O–H groups in total. The number of rotatable bonds is 6. The van der Waals surface area contributed by atoms with Crippen LogP contribution in [-0.4, -0.2) is 69.7 Å². The predicted molar refractivity (Wildman–Crippen MR) is 107 cm³/mol. The summed E-state index contributed by atoms with van der Waals surface area (Å²) in [7, 11) is 1.48. The fourth-order valence-corrected chi connectivity index (χ4v) is 3.48. The Morgan fingerprint density at radius 2 is 1.54 bits per heavy atom. The molecular formula is C20H33BN2O3. The molecule has 6 heteroatoms. The minimum atomic E-state index is -0.296. The summed E-state index contributed by atoms with van der Waals surface area (Å²) in [6, 6.07) is 8.67. The van der Waals surface area contributed by atoms with E-state index >= 15 is 0 Å². The molecule has 3 rings (SSSR count). The average molecular weight is 360 g/mol. The molecule has 2 fully saturated rings. The largest absolute Gasteiger partial charge is 0.494 e. The molecule has 2 heterocycles. The molecule has 2 saturated heterocycles. The Morgan fingerprint density at radius 1 is 0.962 bits per heavy atom. The van der Waals surface area contributed by atoms with Crippen molar-refractivity contribution in [2.45, 2.75) is 45.3 Å². The van der Waals surface area contributed by atoms with Gasteiger partial charge >= 0.3 is 7.12 Å². The number of anilines is 1. The lowest BCUT2D eigenvalue weighted by molar-refractivity contribution is 0.00578. The Hall–Kier alpha value is -1.08. The minimum Gasteiger partial charge on any atom is -0.399 e. The summed E-state index contributed by atoms with van der Waals surface area (Å²) >= 11 is 0. The summed E-state index contributed by atoms with van der Waals surface area (Å²) in [5.41, 5.74) is 1.78. The fourth-order valence-electron chi connectivity index (χ4n) is 3.48. The van der Waals surface area contributed by atoms with Crippen LogP contribution in [-0.2, 0) is 14.0 Å². The van der Waals surface area contributed by atoms with Crippen molar-refractivity contribution in [3.63, 3.8) is 0 Å². The molecule has 2 aliphatic rings. The monoisotopic (exact) mass is 360 g/mol. The first-order valence-electron chi connectivity index (χ1n) is 9.74. The molecule has 0 bridgehead atoms. The molecule has 0 aliphatic carbocycles. The van der Waals surface area contributed by atoms with Gasteiger partial charge in [-0.25, -0.2) is 0 Å². The number of hydrogen-bond acceptors (Lipinski definition) is 5. The van der Waals surface area contributed by atoms with E-state index < -0.39 is 0 Å². The highest BCUT2D eigenvalue weighted by atomic mass is 16.7. The summed E-state index contributed by atoms with van der Waals surface area (Å²) in [5.74, 6) is 0. The summed E-state index contributed by atoms with van der Waals surface area (Å²) in [6.45, 7) is 14.7. The highest BCUT2D eigenvalue weighted by Gasteiger charge is 2.51. The van der Waals surface area contributed by atoms with E-state index in [1.807, 2.05) is 0 Å². The third kappa shape index (κ3) is 4.25. The Morgan fingerprint density at radius 3 is 2.08 bits per heavy atom. The molecule has 0 unspecified atom stereocenters. The van der Waals surface area contributed by atoms with Crippen molar-refractivity contribution in [1.29, 1.82) is 0 Å². The van der Waals surface area contributed by atoms with Crippen LogP contribution in [0.3, 0.4) is 0 Å². The summed E-state index contributed by atoms with van der Waals surface area (Å²) < 4.78 is 17.4. The van der Waals surface area contributed by atoms with Crippen LogP contribution in [0.25, 0.3) is 0 Å². The first-order valence-corrected chi connectivity index (χ1v) is 9.74. The SMILES string of the molecule is COCCCN1CCN(c2ccc(B3OC(C)(C)C(C)(C)O3)cc2)CC1. The van der Waals surface area contributed by atoms with Crippen molar-refractivity contribution in [3.05, 3.63) is 24.3 Å². The van der Waals surface area contributed by atoms with E-state index in [4.69, 9.17) is 14.0 Å². The Bertz CT molecular complexity index is 567. The maximum absolute atomic E-state index is 6.14. The van der Waals surface area contributed by atoms with Crippen molar-refractivity contribution in [3.8, 4) is 0 Å². The number of piperazine rings is 1. The van der Waals surface area contributed by atoms with E-state index in [-0.39, 0.29) is 18.3 Å². The van der Waals surface area contributed by atoms with Crippen LogP contribution in [0, 0.1) is 0 Å². The van der Waals surface area contributed by atoms with Gasteiger partial charge in [0, 0.05) is 52.1 Å². The van der Waals surface area contributed by atoms with Crippen LogP contribution in [0.1, 0.15) is 34.1 Å². The number of hydrogen-bond donors (Lipinski definition) is 0. The van der Waals surface area contributed by atoms with E-state index in [0.717, 1.165) is 51.2 Å². The number of methoxy groups -OCH3 is 1. The molecule has 5 nitrogen and oxygen atoms in total. The van der Waals surface area contributed by atoms with Gasteiger partial charge in [-0.05, 0) is 51.7 Å². The third-order valence-corrected chi connectivity index (χ3v) is 5.98. The Labute approximate surface area is 158 Å². The second-order valence-electron chi connectivity index (χ2n) is 8.35. The van der Waals surface area contributed by atoms with Gasteiger partial charge in [0.05, 0.1) is 11.2 Å². The molecule has 2 aliphatic heterocycles. The zero-order valence-corrected chi connectivity index (χ0v) is 17.0. The van der Waals surface area contributed by atoms with Gasteiger partial charge in [0.2, 0.25) is 0 Å². The molecule has 0 radical (unpaired) electrons. The number of ether oxygens (including phenoxy) is 1. The van der Waals surface area contributed by atoms with Gasteiger partial charge in [0.25, 0.3) is 0 Å². The number of benzene rings is 1. The van der Waals surface area contributed by atoms with Crippen molar-refractivity contribution in [2.24, 2.45) is 0 Å². The fraction of sp³-hybridized carbons (Fsp3) is 0.700. The van der Waals surface area contributed by atoms with E-state index in [9.17, 15) is 0 Å². The van der Waals surface area contributed by atoms with Crippen molar-refractivity contribution in [1.82, 2.24) is 4.90 Å². The average Bonchev–Trinajstić information content (AvgIpc) is 2.84. The van der Waals surface area contributed by atoms with E-state index in [0.29, 0.717) is 0 Å². The quantitative estimate of drug-likeness (QED) is 0.574. The van der Waals surface area contributed by atoms with Crippen LogP contribution in [0.5, 0.6) is 0 Å². The molecule has 1 aromatic carbocycles. The van der Waals surface area contributed by atoms with Gasteiger partial charge in [0.15, 0.2) is 0 Å². The maximum Gasteiger partial charge on any atom is 0.494 e. The van der Waals surface area contributed by atoms with Gasteiger partial charge in [-0.1, -0.05) is 12.1 Å². The van der Waals surface area contributed by atoms with Crippen LogP contribution >= 0.6 is 0 Å². The van der Waals surface area contributed by atoms with Gasteiger partial charge in [-0.2, -0.15) is 0 Å². The van der Waals surface area contributed by atoms with Gasteiger partial charge < -0.3 is 18.9 Å². The standard InChI is InChI=1S/C20H33BN2O3/c1-19(2)20(3,4)26-21(25-19)17-7-9-18(10-8-17)23-14-12-22(13-15-23)11-6-16-24-5/h7-10H,6,11-16H2,1-5H3. The smallest absolute Gasteiger partial charge is 0.399 e. The summed E-state index contributed by atoms with van der Waals surface area (Å²) in [5, 5.41) is 0. The molecule has 0 atom stereocenters. The zero-order valence-electron chi connectivity index (χ0n) is 17.0. The van der Waals surface area contributed by atoms with Crippen molar-refractivity contribution >= 4 is 18.3 Å². The number of nitrogens with zero attached hydrogens (tertiary/aromatic N) is 2. The molecule has 0 saturated carbocycles. The highest BCUT2D eigenvalue weighted by Crippen LogP contribution is 2.36. The summed E-state index contributed by atoms with van der Waals surface area (Å²) in [4.78, 5) is 4.98. The maximum atomic E-state index is 6.14. The lowest BCUT2D eigenvalue weighted by Gasteiger charge is -2.36. The van der Waals surface area contributed by atoms with Gasteiger partial charge in [-0.3, -0.25) is 4.90 Å². The Balaban J connectivity index is 1.54. The topological polar surface area (TPSA) is 34.2 Å². The zero-order chi connectivity index (χ0) is 18.8. The molecule has 1 aromatic rings. The second kappa shape index (κ2) is 7.89. The molecule has 0 spiro atoms. The molecular weight excluding hydrogens is 327 g/mol. The first kappa shape index (κ1) is 19.7. The molecule has 0 aromatic heterocycles. The van der Waals surface area contributed by atoms with Crippen LogP contribution in [0.4, 0.5) is 5.69 Å². The Kier molecular flexibility index (Phi) is 5.97. The highest BCUT2D eigenvalue weighted by molar-refractivity contribution is 6.62. The lowest BCUT2D eigenvalue weighted by Crippen LogP contribution is -2.46. The first-order chi connectivity index (χ1) is 12.3. The third-order valence-electron chi connectivity index (χ3n) is 5.98. The minimum absolute atomic E-state index is 0.285. The molecule has 144 valence electrons.